The molecule has 0 saturated carbocycles. The molecule has 0 spiro atoms. The topological polar surface area (TPSA) is 17.3 Å². The van der Waals surface area contributed by atoms with Crippen LogP contribution in [0.1, 0.15) is 29.8 Å². The summed E-state index contributed by atoms with van der Waals surface area (Å²) in [6.07, 6.45) is 1.09. The lowest BCUT2D eigenvalue weighted by atomic mass is 9.84. The third-order valence-corrected chi connectivity index (χ3v) is 4.82. The minimum Gasteiger partial charge on any atom is -0.291 e. The molecule has 0 amide bonds. The second-order valence-electron chi connectivity index (χ2n) is 5.09. The van der Waals surface area contributed by atoms with E-state index in [0.717, 1.165) is 11.4 Å². The van der Waals surface area contributed by atoms with Gasteiger partial charge in [0, 0.05) is 16.6 Å². The van der Waals surface area contributed by atoms with E-state index < -0.39 is 0 Å². The minimum atomic E-state index is 0.577. The number of benzene rings is 1. The van der Waals surface area contributed by atoms with Crippen LogP contribution >= 0.6 is 11.3 Å². The van der Waals surface area contributed by atoms with Crippen molar-refractivity contribution in [2.45, 2.75) is 26.2 Å². The fourth-order valence-corrected chi connectivity index (χ4v) is 3.90. The highest BCUT2D eigenvalue weighted by molar-refractivity contribution is 7.15. The zero-order valence-electron chi connectivity index (χ0n) is 10.5. The summed E-state index contributed by atoms with van der Waals surface area (Å²) in [6, 6.07) is 8.68. The van der Waals surface area contributed by atoms with Crippen molar-refractivity contribution in [2.75, 3.05) is 0 Å². The van der Waals surface area contributed by atoms with Gasteiger partial charge in [-0.15, -0.1) is 11.3 Å². The predicted octanol–water partition coefficient (Wildman–Crippen LogP) is 4.03. The first-order valence-corrected chi connectivity index (χ1v) is 7.18. The molecule has 90 valence electrons. The van der Waals surface area contributed by atoms with E-state index >= 15 is 0 Å². The van der Waals surface area contributed by atoms with Gasteiger partial charge in [-0.3, -0.25) is 4.40 Å². The van der Waals surface area contributed by atoms with Crippen LogP contribution in [-0.2, 0) is 6.42 Å². The summed E-state index contributed by atoms with van der Waals surface area (Å²) in [5, 5.41) is 2.19. The van der Waals surface area contributed by atoms with Gasteiger partial charge in [0.1, 0.15) is 0 Å². The predicted molar refractivity (Wildman–Crippen MR) is 75.4 cm³/mol. The number of imidazole rings is 1. The lowest BCUT2D eigenvalue weighted by Gasteiger charge is -2.22. The number of fused-ring (bicyclic) bond motifs is 5. The van der Waals surface area contributed by atoms with Gasteiger partial charge in [-0.1, -0.05) is 31.2 Å². The van der Waals surface area contributed by atoms with Crippen molar-refractivity contribution in [3.63, 3.8) is 0 Å². The maximum atomic E-state index is 4.83. The Morgan fingerprint density at radius 2 is 2.17 bits per heavy atom. The van der Waals surface area contributed by atoms with Crippen LogP contribution in [-0.4, -0.2) is 9.38 Å². The summed E-state index contributed by atoms with van der Waals surface area (Å²) >= 11 is 1.74. The monoisotopic (exact) mass is 254 g/mol. The molecule has 1 aliphatic carbocycles. The van der Waals surface area contributed by atoms with Crippen LogP contribution in [0.15, 0.2) is 29.6 Å². The normalized spacial score (nSPS) is 17.8. The largest absolute Gasteiger partial charge is 0.291 e. The smallest absolute Gasteiger partial charge is 0.194 e. The summed E-state index contributed by atoms with van der Waals surface area (Å²) in [5.41, 5.74) is 6.64. The average Bonchev–Trinajstić information content (AvgIpc) is 2.91. The summed E-state index contributed by atoms with van der Waals surface area (Å²) in [7, 11) is 0. The van der Waals surface area contributed by atoms with Crippen LogP contribution in [0.4, 0.5) is 0 Å². The Hall–Kier alpha value is -1.61. The third kappa shape index (κ3) is 1.20. The van der Waals surface area contributed by atoms with E-state index in [-0.39, 0.29) is 0 Å². The van der Waals surface area contributed by atoms with Crippen molar-refractivity contribution in [1.82, 2.24) is 9.38 Å². The molecule has 4 rings (SSSR count). The van der Waals surface area contributed by atoms with Gasteiger partial charge in [-0.25, -0.2) is 4.98 Å². The highest BCUT2D eigenvalue weighted by atomic mass is 32.1. The fraction of sp³-hybridized carbons (Fsp3) is 0.267. The summed E-state index contributed by atoms with van der Waals surface area (Å²) in [5.74, 6) is 0.577. The molecule has 1 aliphatic rings. The highest BCUT2D eigenvalue weighted by Gasteiger charge is 2.26. The second-order valence-corrected chi connectivity index (χ2v) is 5.93. The molecule has 0 fully saturated rings. The quantitative estimate of drug-likeness (QED) is 0.592. The number of thiazole rings is 1. The molecule has 0 bridgehead atoms. The number of hydrogen-bond acceptors (Lipinski definition) is 2. The first-order chi connectivity index (χ1) is 8.75. The van der Waals surface area contributed by atoms with Gasteiger partial charge in [-0.2, -0.15) is 0 Å². The molecule has 18 heavy (non-hydrogen) atoms. The Kier molecular flexibility index (Phi) is 1.98. The van der Waals surface area contributed by atoms with E-state index in [1.165, 1.54) is 28.2 Å². The summed E-state index contributed by atoms with van der Waals surface area (Å²) < 4.78 is 2.33. The van der Waals surface area contributed by atoms with Gasteiger partial charge in [0.15, 0.2) is 4.96 Å². The van der Waals surface area contributed by atoms with E-state index in [4.69, 9.17) is 4.98 Å². The van der Waals surface area contributed by atoms with Crippen LogP contribution in [0.2, 0.25) is 0 Å². The van der Waals surface area contributed by atoms with E-state index in [0.29, 0.717) is 5.92 Å². The van der Waals surface area contributed by atoms with Crippen LogP contribution in [0.3, 0.4) is 0 Å². The van der Waals surface area contributed by atoms with Gasteiger partial charge >= 0.3 is 0 Å². The van der Waals surface area contributed by atoms with Crippen molar-refractivity contribution < 1.29 is 0 Å². The van der Waals surface area contributed by atoms with Crippen LogP contribution < -0.4 is 0 Å². The van der Waals surface area contributed by atoms with E-state index in [1.807, 2.05) is 0 Å². The Morgan fingerprint density at radius 3 is 3.06 bits per heavy atom. The van der Waals surface area contributed by atoms with Crippen molar-refractivity contribution in [3.8, 4) is 11.3 Å². The molecule has 0 aliphatic heterocycles. The van der Waals surface area contributed by atoms with Gasteiger partial charge in [0.25, 0.3) is 0 Å². The summed E-state index contributed by atoms with van der Waals surface area (Å²) in [6.45, 7) is 4.47. The van der Waals surface area contributed by atoms with Crippen molar-refractivity contribution in [3.05, 3.63) is 46.6 Å². The number of hydrogen-bond donors (Lipinski definition) is 0. The molecule has 1 aromatic carbocycles. The van der Waals surface area contributed by atoms with Crippen LogP contribution in [0, 0.1) is 6.92 Å². The molecular weight excluding hydrogens is 240 g/mol. The van der Waals surface area contributed by atoms with Gasteiger partial charge in [0.2, 0.25) is 0 Å². The van der Waals surface area contributed by atoms with E-state index in [2.05, 4.69) is 47.9 Å². The SMILES string of the molecule is Cc1csc2nc3c(n12)CC(C)c1ccccc1-3. The molecule has 2 aromatic heterocycles. The molecule has 2 nitrogen and oxygen atoms in total. The molecule has 2 heterocycles. The maximum absolute atomic E-state index is 4.83. The van der Waals surface area contributed by atoms with Gasteiger partial charge in [0.05, 0.1) is 11.4 Å². The zero-order chi connectivity index (χ0) is 12.3. The molecule has 0 radical (unpaired) electrons. The van der Waals surface area contributed by atoms with Gasteiger partial charge in [-0.05, 0) is 24.8 Å². The lowest BCUT2D eigenvalue weighted by Crippen LogP contribution is -2.10. The summed E-state index contributed by atoms with van der Waals surface area (Å²) in [4.78, 5) is 5.96. The molecule has 1 atom stereocenters. The maximum Gasteiger partial charge on any atom is 0.194 e. The first-order valence-electron chi connectivity index (χ1n) is 6.30. The van der Waals surface area contributed by atoms with Gasteiger partial charge < -0.3 is 0 Å². The minimum absolute atomic E-state index is 0.577. The molecule has 0 saturated heterocycles. The lowest BCUT2D eigenvalue weighted by molar-refractivity contribution is 0.722. The number of aromatic nitrogens is 2. The standard InChI is InChI=1S/C15H14N2S/c1-9-7-13-14(12-6-4-3-5-11(9)12)16-15-17(13)10(2)8-18-15/h3-6,8-9H,7H2,1-2H3. The number of nitrogens with zero attached hydrogens (tertiary/aromatic N) is 2. The average molecular weight is 254 g/mol. The molecular formula is C15H14N2S. The van der Waals surface area contributed by atoms with E-state index in [9.17, 15) is 0 Å². The van der Waals surface area contributed by atoms with Crippen LogP contribution in [0.25, 0.3) is 16.2 Å². The molecule has 1 unspecified atom stereocenters. The molecule has 3 aromatic rings. The van der Waals surface area contributed by atoms with E-state index in [1.54, 1.807) is 11.3 Å². The first kappa shape index (κ1) is 10.3. The van der Waals surface area contributed by atoms with Crippen molar-refractivity contribution >= 4 is 16.3 Å². The Labute approximate surface area is 110 Å². The zero-order valence-corrected chi connectivity index (χ0v) is 11.3. The highest BCUT2D eigenvalue weighted by Crippen LogP contribution is 2.40. The third-order valence-electron chi connectivity index (χ3n) is 3.88. The van der Waals surface area contributed by atoms with Crippen molar-refractivity contribution in [2.24, 2.45) is 0 Å². The van der Waals surface area contributed by atoms with Crippen molar-refractivity contribution in [1.29, 1.82) is 0 Å². The molecule has 0 N–H and O–H groups in total. The fourth-order valence-electron chi connectivity index (χ4n) is 3.01. The number of aryl methyl sites for hydroxylation is 1. The Morgan fingerprint density at radius 1 is 1.33 bits per heavy atom. The Bertz CT molecular complexity index is 751. The molecule has 3 heteroatoms. The van der Waals surface area contributed by atoms with Crippen LogP contribution in [0.5, 0.6) is 0 Å². The second kappa shape index (κ2) is 3.45. The number of rotatable bonds is 0. The Balaban J connectivity index is 2.11.